The largest absolute Gasteiger partial charge is 0.393 e. The van der Waals surface area contributed by atoms with Crippen molar-refractivity contribution in [2.24, 2.45) is 0 Å². The molecule has 1 atom stereocenters. The van der Waals surface area contributed by atoms with E-state index in [-0.39, 0.29) is 6.10 Å². The van der Waals surface area contributed by atoms with E-state index in [2.05, 4.69) is 22.1 Å². The quantitative estimate of drug-likeness (QED) is 0.784. The van der Waals surface area contributed by atoms with Gasteiger partial charge in [-0.05, 0) is 46.2 Å². The summed E-state index contributed by atoms with van der Waals surface area (Å²) in [5.74, 6) is 0. The molecule has 1 aliphatic heterocycles. The maximum atomic E-state index is 9.46. The fourth-order valence-electron chi connectivity index (χ4n) is 2.44. The predicted molar refractivity (Wildman–Crippen MR) is 79.6 cm³/mol. The number of nitrogens with one attached hydrogen (secondary N) is 1. The molecule has 1 fully saturated rings. The summed E-state index contributed by atoms with van der Waals surface area (Å²) in [6, 6.07) is 0.398. The SMILES string of the molecule is Cc1ncc(C(C)NCCCN2CCC(O)CC2)s1. The zero-order chi connectivity index (χ0) is 13.7. The summed E-state index contributed by atoms with van der Waals surface area (Å²) in [4.78, 5) is 8.07. The van der Waals surface area contributed by atoms with E-state index in [1.807, 2.05) is 13.1 Å². The normalized spacial score (nSPS) is 19.7. The first-order valence-corrected chi connectivity index (χ1v) is 8.03. The lowest BCUT2D eigenvalue weighted by Gasteiger charge is -2.29. The summed E-state index contributed by atoms with van der Waals surface area (Å²) in [6.45, 7) is 8.51. The number of hydrogen-bond donors (Lipinski definition) is 2. The van der Waals surface area contributed by atoms with Crippen molar-refractivity contribution in [3.05, 3.63) is 16.1 Å². The molecule has 0 radical (unpaired) electrons. The van der Waals surface area contributed by atoms with Crippen LogP contribution in [0.15, 0.2) is 6.20 Å². The fraction of sp³-hybridized carbons (Fsp3) is 0.786. The molecular weight excluding hydrogens is 258 g/mol. The predicted octanol–water partition coefficient (Wildman–Crippen LogP) is 1.95. The van der Waals surface area contributed by atoms with Gasteiger partial charge in [-0.15, -0.1) is 11.3 Å². The van der Waals surface area contributed by atoms with Crippen LogP contribution >= 0.6 is 11.3 Å². The minimum absolute atomic E-state index is 0.0658. The molecule has 1 aromatic rings. The molecule has 0 saturated carbocycles. The number of aryl methyl sites for hydroxylation is 1. The average Bonchev–Trinajstić information content (AvgIpc) is 2.83. The Morgan fingerprint density at radius 2 is 2.26 bits per heavy atom. The Morgan fingerprint density at radius 3 is 2.89 bits per heavy atom. The van der Waals surface area contributed by atoms with Gasteiger partial charge in [0.25, 0.3) is 0 Å². The van der Waals surface area contributed by atoms with Crippen LogP contribution in [0.1, 0.15) is 42.1 Å². The van der Waals surface area contributed by atoms with E-state index >= 15 is 0 Å². The molecule has 1 aromatic heterocycles. The van der Waals surface area contributed by atoms with Gasteiger partial charge in [-0.3, -0.25) is 0 Å². The molecule has 0 bridgehead atoms. The summed E-state index contributed by atoms with van der Waals surface area (Å²) in [5.41, 5.74) is 0. The molecule has 2 rings (SSSR count). The highest BCUT2D eigenvalue weighted by Gasteiger charge is 2.16. The van der Waals surface area contributed by atoms with Crippen molar-refractivity contribution in [1.29, 1.82) is 0 Å². The third-order valence-electron chi connectivity index (χ3n) is 3.72. The molecule has 0 aromatic carbocycles. The van der Waals surface area contributed by atoms with Gasteiger partial charge in [0.2, 0.25) is 0 Å². The third kappa shape index (κ3) is 4.84. The van der Waals surface area contributed by atoms with E-state index in [9.17, 15) is 5.11 Å². The molecular formula is C14H25N3OS. The number of piperidine rings is 1. The number of aliphatic hydroxyl groups is 1. The van der Waals surface area contributed by atoms with Crippen LogP contribution in [0.3, 0.4) is 0 Å². The van der Waals surface area contributed by atoms with Gasteiger partial charge in [0, 0.05) is 30.2 Å². The summed E-state index contributed by atoms with van der Waals surface area (Å²) in [7, 11) is 0. The standard InChI is InChI=1S/C14H25N3OS/c1-11(14-10-16-12(2)19-14)15-6-3-7-17-8-4-13(18)5-9-17/h10-11,13,15,18H,3-9H2,1-2H3. The fourth-order valence-corrected chi connectivity index (χ4v) is 3.25. The maximum absolute atomic E-state index is 9.46. The Labute approximate surface area is 119 Å². The van der Waals surface area contributed by atoms with Gasteiger partial charge in [-0.2, -0.15) is 0 Å². The lowest BCUT2D eigenvalue weighted by atomic mass is 10.1. The molecule has 0 aliphatic carbocycles. The van der Waals surface area contributed by atoms with Crippen molar-refractivity contribution in [2.75, 3.05) is 26.2 Å². The Morgan fingerprint density at radius 1 is 1.53 bits per heavy atom. The Bertz CT molecular complexity index is 375. The van der Waals surface area contributed by atoms with Gasteiger partial charge >= 0.3 is 0 Å². The van der Waals surface area contributed by atoms with Crippen LogP contribution in [-0.2, 0) is 0 Å². The molecule has 1 unspecified atom stereocenters. The monoisotopic (exact) mass is 283 g/mol. The molecule has 5 heteroatoms. The van der Waals surface area contributed by atoms with Crippen LogP contribution in [0.4, 0.5) is 0 Å². The van der Waals surface area contributed by atoms with Gasteiger partial charge in [-0.1, -0.05) is 0 Å². The molecule has 4 nitrogen and oxygen atoms in total. The van der Waals surface area contributed by atoms with Crippen molar-refractivity contribution in [3.8, 4) is 0 Å². The van der Waals surface area contributed by atoms with Gasteiger partial charge in [0.05, 0.1) is 11.1 Å². The van der Waals surface area contributed by atoms with E-state index in [0.717, 1.165) is 50.4 Å². The van der Waals surface area contributed by atoms with Crippen molar-refractivity contribution < 1.29 is 5.11 Å². The second kappa shape index (κ2) is 7.33. The number of nitrogens with zero attached hydrogens (tertiary/aromatic N) is 2. The highest BCUT2D eigenvalue weighted by Crippen LogP contribution is 2.19. The first kappa shape index (κ1) is 14.9. The Balaban J connectivity index is 1.59. The highest BCUT2D eigenvalue weighted by atomic mass is 32.1. The molecule has 108 valence electrons. The zero-order valence-corrected chi connectivity index (χ0v) is 12.7. The van der Waals surface area contributed by atoms with E-state index in [4.69, 9.17) is 0 Å². The average molecular weight is 283 g/mol. The van der Waals surface area contributed by atoms with Crippen molar-refractivity contribution >= 4 is 11.3 Å². The van der Waals surface area contributed by atoms with Crippen LogP contribution in [0.2, 0.25) is 0 Å². The molecule has 19 heavy (non-hydrogen) atoms. The van der Waals surface area contributed by atoms with Crippen molar-refractivity contribution in [2.45, 2.75) is 45.3 Å². The second-order valence-corrected chi connectivity index (χ2v) is 6.65. The maximum Gasteiger partial charge on any atom is 0.0897 e. The molecule has 0 spiro atoms. The van der Waals surface area contributed by atoms with Gasteiger partial charge < -0.3 is 15.3 Å². The molecule has 0 amide bonds. The van der Waals surface area contributed by atoms with Gasteiger partial charge in [0.15, 0.2) is 0 Å². The highest BCUT2D eigenvalue weighted by molar-refractivity contribution is 7.11. The van der Waals surface area contributed by atoms with Crippen molar-refractivity contribution in [1.82, 2.24) is 15.2 Å². The van der Waals surface area contributed by atoms with Crippen LogP contribution in [0.25, 0.3) is 0 Å². The smallest absolute Gasteiger partial charge is 0.0897 e. The van der Waals surface area contributed by atoms with Crippen LogP contribution in [0, 0.1) is 6.92 Å². The number of hydrogen-bond acceptors (Lipinski definition) is 5. The van der Waals surface area contributed by atoms with Gasteiger partial charge in [0.1, 0.15) is 0 Å². The van der Waals surface area contributed by atoms with Crippen LogP contribution < -0.4 is 5.32 Å². The van der Waals surface area contributed by atoms with Crippen molar-refractivity contribution in [3.63, 3.8) is 0 Å². The Kier molecular flexibility index (Phi) is 5.76. The summed E-state index contributed by atoms with van der Waals surface area (Å²) < 4.78 is 0. The summed E-state index contributed by atoms with van der Waals surface area (Å²) in [5, 5.41) is 14.1. The number of aromatic nitrogens is 1. The second-order valence-electron chi connectivity index (χ2n) is 5.38. The van der Waals surface area contributed by atoms with Crippen LogP contribution in [-0.4, -0.2) is 47.3 Å². The lowest BCUT2D eigenvalue weighted by Crippen LogP contribution is -2.37. The number of aliphatic hydroxyl groups excluding tert-OH is 1. The van der Waals surface area contributed by atoms with Crippen LogP contribution in [0.5, 0.6) is 0 Å². The third-order valence-corrected chi connectivity index (χ3v) is 4.82. The molecule has 1 aliphatic rings. The van der Waals surface area contributed by atoms with E-state index in [1.165, 1.54) is 4.88 Å². The lowest BCUT2D eigenvalue weighted by molar-refractivity contribution is 0.0820. The summed E-state index contributed by atoms with van der Waals surface area (Å²) >= 11 is 1.77. The molecule has 1 saturated heterocycles. The first-order chi connectivity index (χ1) is 9.15. The number of thiazole rings is 1. The minimum Gasteiger partial charge on any atom is -0.393 e. The van der Waals surface area contributed by atoms with E-state index in [1.54, 1.807) is 11.3 Å². The molecule has 2 N–H and O–H groups in total. The first-order valence-electron chi connectivity index (χ1n) is 7.21. The number of rotatable bonds is 6. The van der Waals surface area contributed by atoms with E-state index in [0.29, 0.717) is 6.04 Å². The number of likely N-dealkylation sites (tertiary alicyclic amines) is 1. The minimum atomic E-state index is -0.0658. The van der Waals surface area contributed by atoms with E-state index < -0.39 is 0 Å². The molecule has 2 heterocycles. The summed E-state index contributed by atoms with van der Waals surface area (Å²) in [6.07, 6.45) is 4.94. The van der Waals surface area contributed by atoms with Gasteiger partial charge in [-0.25, -0.2) is 4.98 Å². The zero-order valence-electron chi connectivity index (χ0n) is 11.9. The Hall–Kier alpha value is -0.490. The topological polar surface area (TPSA) is 48.4 Å².